The van der Waals surface area contributed by atoms with Crippen LogP contribution in [0.15, 0.2) is 24.5 Å². The maximum atomic E-state index is 4.05. The van der Waals surface area contributed by atoms with E-state index in [0.29, 0.717) is 0 Å². The standard InChI is InChI=1S/C9H13NS/c1-2-11-7-5-9-4-3-6-10-8-9/h3-4,6,8H,2,5,7H2,1H3. The highest BCUT2D eigenvalue weighted by molar-refractivity contribution is 7.99. The minimum absolute atomic E-state index is 1.15. The second kappa shape index (κ2) is 5.19. The predicted octanol–water partition coefficient (Wildman–Crippen LogP) is 2.38. The van der Waals surface area contributed by atoms with Gasteiger partial charge in [-0.3, -0.25) is 4.98 Å². The van der Waals surface area contributed by atoms with E-state index in [9.17, 15) is 0 Å². The zero-order valence-corrected chi connectivity index (χ0v) is 7.60. The van der Waals surface area contributed by atoms with Crippen molar-refractivity contribution in [2.45, 2.75) is 13.3 Å². The summed E-state index contributed by atoms with van der Waals surface area (Å²) in [7, 11) is 0. The molecule has 0 saturated carbocycles. The number of hydrogen-bond acceptors (Lipinski definition) is 2. The third-order valence-corrected chi connectivity index (χ3v) is 2.36. The molecule has 0 aliphatic heterocycles. The summed E-state index contributed by atoms with van der Waals surface area (Å²) in [5, 5.41) is 0. The van der Waals surface area contributed by atoms with E-state index >= 15 is 0 Å². The van der Waals surface area contributed by atoms with Crippen LogP contribution in [0.2, 0.25) is 0 Å². The fourth-order valence-electron chi connectivity index (χ4n) is 0.880. The average Bonchev–Trinajstić information content (AvgIpc) is 2.07. The van der Waals surface area contributed by atoms with Crippen LogP contribution in [0.1, 0.15) is 12.5 Å². The third-order valence-electron chi connectivity index (χ3n) is 1.46. The van der Waals surface area contributed by atoms with Crippen molar-refractivity contribution >= 4 is 11.8 Å². The molecule has 0 bridgehead atoms. The maximum Gasteiger partial charge on any atom is 0.0300 e. The van der Waals surface area contributed by atoms with Crippen LogP contribution in [-0.2, 0) is 6.42 Å². The number of thioether (sulfide) groups is 1. The van der Waals surface area contributed by atoms with E-state index in [0.717, 1.165) is 6.42 Å². The van der Waals surface area contributed by atoms with Gasteiger partial charge in [0.2, 0.25) is 0 Å². The fourth-order valence-corrected chi connectivity index (χ4v) is 1.55. The monoisotopic (exact) mass is 167 g/mol. The highest BCUT2D eigenvalue weighted by Crippen LogP contribution is 2.04. The number of hydrogen-bond donors (Lipinski definition) is 0. The van der Waals surface area contributed by atoms with Gasteiger partial charge in [0.25, 0.3) is 0 Å². The van der Waals surface area contributed by atoms with Crippen LogP contribution in [0.25, 0.3) is 0 Å². The zero-order chi connectivity index (χ0) is 7.94. The molecule has 1 nitrogen and oxygen atoms in total. The van der Waals surface area contributed by atoms with Crippen LogP contribution >= 0.6 is 11.8 Å². The highest BCUT2D eigenvalue weighted by atomic mass is 32.2. The third kappa shape index (κ3) is 3.42. The summed E-state index contributed by atoms with van der Waals surface area (Å²) in [4.78, 5) is 4.05. The van der Waals surface area contributed by atoms with Crippen molar-refractivity contribution in [3.63, 3.8) is 0 Å². The first-order chi connectivity index (χ1) is 5.43. The summed E-state index contributed by atoms with van der Waals surface area (Å²) in [5.74, 6) is 2.42. The van der Waals surface area contributed by atoms with Gasteiger partial charge >= 0.3 is 0 Å². The number of nitrogens with zero attached hydrogens (tertiary/aromatic N) is 1. The van der Waals surface area contributed by atoms with E-state index in [-0.39, 0.29) is 0 Å². The second-order valence-corrected chi connectivity index (χ2v) is 3.70. The molecule has 0 amide bonds. The lowest BCUT2D eigenvalue weighted by Gasteiger charge is -1.97. The SMILES string of the molecule is CCSCCc1cccnc1. The summed E-state index contributed by atoms with van der Waals surface area (Å²) in [5.41, 5.74) is 1.34. The second-order valence-electron chi connectivity index (χ2n) is 2.31. The lowest BCUT2D eigenvalue weighted by molar-refractivity contribution is 1.12. The van der Waals surface area contributed by atoms with Crippen molar-refractivity contribution in [3.8, 4) is 0 Å². The Morgan fingerprint density at radius 3 is 3.09 bits per heavy atom. The lowest BCUT2D eigenvalue weighted by Crippen LogP contribution is -1.88. The first-order valence-corrected chi connectivity index (χ1v) is 5.05. The molecule has 60 valence electrons. The molecule has 0 atom stereocenters. The molecule has 0 spiro atoms. The molecule has 1 heterocycles. The van der Waals surface area contributed by atoms with Crippen LogP contribution < -0.4 is 0 Å². The summed E-state index contributed by atoms with van der Waals surface area (Å²) in [6, 6.07) is 4.12. The average molecular weight is 167 g/mol. The molecule has 2 heteroatoms. The normalized spacial score (nSPS) is 9.91. The number of rotatable bonds is 4. The van der Waals surface area contributed by atoms with E-state index in [1.165, 1.54) is 17.1 Å². The van der Waals surface area contributed by atoms with Gasteiger partial charge in [-0.25, -0.2) is 0 Å². The largest absolute Gasteiger partial charge is 0.264 e. The molecular weight excluding hydrogens is 154 g/mol. The van der Waals surface area contributed by atoms with Gasteiger partial charge in [-0.1, -0.05) is 13.0 Å². The van der Waals surface area contributed by atoms with Gasteiger partial charge in [0.1, 0.15) is 0 Å². The minimum Gasteiger partial charge on any atom is -0.264 e. The Hall–Kier alpha value is -0.500. The van der Waals surface area contributed by atoms with Gasteiger partial charge in [-0.15, -0.1) is 0 Å². The van der Waals surface area contributed by atoms with E-state index in [1.807, 2.05) is 30.2 Å². The Bertz CT molecular complexity index is 186. The predicted molar refractivity (Wildman–Crippen MR) is 50.9 cm³/mol. The Labute approximate surface area is 72.2 Å². The summed E-state index contributed by atoms with van der Waals surface area (Å²) in [6.07, 6.45) is 4.90. The Kier molecular flexibility index (Phi) is 4.06. The molecular formula is C9H13NS. The van der Waals surface area contributed by atoms with Crippen LogP contribution in [0.5, 0.6) is 0 Å². The Morgan fingerprint density at radius 1 is 1.55 bits per heavy atom. The lowest BCUT2D eigenvalue weighted by atomic mass is 10.2. The van der Waals surface area contributed by atoms with Crippen molar-refractivity contribution in [1.29, 1.82) is 0 Å². The van der Waals surface area contributed by atoms with Gasteiger partial charge in [-0.2, -0.15) is 11.8 Å². The van der Waals surface area contributed by atoms with Crippen molar-refractivity contribution in [3.05, 3.63) is 30.1 Å². The van der Waals surface area contributed by atoms with E-state index in [4.69, 9.17) is 0 Å². The number of aryl methyl sites for hydroxylation is 1. The van der Waals surface area contributed by atoms with Crippen LogP contribution in [-0.4, -0.2) is 16.5 Å². The highest BCUT2D eigenvalue weighted by Gasteiger charge is 1.90. The molecule has 0 aliphatic carbocycles. The van der Waals surface area contributed by atoms with Crippen LogP contribution in [0.3, 0.4) is 0 Å². The first kappa shape index (κ1) is 8.60. The molecule has 0 unspecified atom stereocenters. The molecule has 0 fully saturated rings. The van der Waals surface area contributed by atoms with Crippen LogP contribution in [0, 0.1) is 0 Å². The number of pyridine rings is 1. The Balaban J connectivity index is 2.28. The maximum absolute atomic E-state index is 4.05. The van der Waals surface area contributed by atoms with Gasteiger partial charge < -0.3 is 0 Å². The van der Waals surface area contributed by atoms with Gasteiger partial charge in [0.05, 0.1) is 0 Å². The first-order valence-electron chi connectivity index (χ1n) is 3.90. The number of aromatic nitrogens is 1. The van der Waals surface area contributed by atoms with Crippen LogP contribution in [0.4, 0.5) is 0 Å². The smallest absolute Gasteiger partial charge is 0.0300 e. The van der Waals surface area contributed by atoms with Gasteiger partial charge in [0, 0.05) is 12.4 Å². The Morgan fingerprint density at radius 2 is 2.45 bits per heavy atom. The van der Waals surface area contributed by atoms with Crippen molar-refractivity contribution in [1.82, 2.24) is 4.98 Å². The van der Waals surface area contributed by atoms with Gasteiger partial charge in [0.15, 0.2) is 0 Å². The zero-order valence-electron chi connectivity index (χ0n) is 6.79. The summed E-state index contributed by atoms with van der Waals surface area (Å²) in [6.45, 7) is 2.19. The molecule has 0 aromatic carbocycles. The molecule has 0 N–H and O–H groups in total. The van der Waals surface area contributed by atoms with Crippen molar-refractivity contribution in [2.75, 3.05) is 11.5 Å². The van der Waals surface area contributed by atoms with E-state index in [1.54, 1.807) is 0 Å². The molecule has 0 aliphatic rings. The van der Waals surface area contributed by atoms with E-state index in [2.05, 4.69) is 18.0 Å². The molecule has 1 aromatic heterocycles. The molecule has 1 rings (SSSR count). The minimum atomic E-state index is 1.15. The van der Waals surface area contributed by atoms with Crippen molar-refractivity contribution < 1.29 is 0 Å². The summed E-state index contributed by atoms with van der Waals surface area (Å²) < 4.78 is 0. The molecule has 0 saturated heterocycles. The molecule has 1 aromatic rings. The van der Waals surface area contributed by atoms with Gasteiger partial charge in [-0.05, 0) is 29.6 Å². The fraction of sp³-hybridized carbons (Fsp3) is 0.444. The van der Waals surface area contributed by atoms with Crippen molar-refractivity contribution in [2.24, 2.45) is 0 Å². The quantitative estimate of drug-likeness (QED) is 0.639. The topological polar surface area (TPSA) is 12.9 Å². The molecule has 0 radical (unpaired) electrons. The van der Waals surface area contributed by atoms with E-state index < -0.39 is 0 Å². The molecule has 11 heavy (non-hydrogen) atoms. The summed E-state index contributed by atoms with van der Waals surface area (Å²) >= 11 is 1.98.